The number of alkyl halides is 2. The van der Waals surface area contributed by atoms with Gasteiger partial charge in [0.05, 0.1) is 32.5 Å². The van der Waals surface area contributed by atoms with Gasteiger partial charge in [-0.15, -0.1) is 0 Å². The monoisotopic (exact) mass is 478 g/mol. The van der Waals surface area contributed by atoms with E-state index in [2.05, 4.69) is 10.3 Å². The normalized spacial score (nSPS) is 17.4. The van der Waals surface area contributed by atoms with E-state index in [1.165, 1.54) is 20.3 Å². The first-order chi connectivity index (χ1) is 16.4. The van der Waals surface area contributed by atoms with Gasteiger partial charge in [-0.2, -0.15) is 4.98 Å². The van der Waals surface area contributed by atoms with Crippen LogP contribution < -0.4 is 14.8 Å². The topological polar surface area (TPSA) is 99.1 Å². The van der Waals surface area contributed by atoms with E-state index in [0.29, 0.717) is 42.9 Å². The fourth-order valence-electron chi connectivity index (χ4n) is 4.09. The maximum Gasteiger partial charge on any atom is 0.329 e. The van der Waals surface area contributed by atoms with Crippen LogP contribution in [0, 0.1) is 0 Å². The molecule has 2 aromatic rings. The number of pyridine rings is 1. The number of rotatable bonds is 10. The molecule has 1 aromatic heterocycles. The van der Waals surface area contributed by atoms with Crippen LogP contribution in [0.4, 0.5) is 14.5 Å². The molecule has 4 rings (SSSR count). The molecule has 0 spiro atoms. The third-order valence-electron chi connectivity index (χ3n) is 6.15. The van der Waals surface area contributed by atoms with Gasteiger partial charge in [-0.3, -0.25) is 0 Å². The number of carboxylic acid groups (broad SMARTS) is 1. The molecule has 0 radical (unpaired) electrons. The molecule has 1 aliphatic carbocycles. The summed E-state index contributed by atoms with van der Waals surface area (Å²) in [4.78, 5) is 16.1. The number of halogens is 2. The largest absolute Gasteiger partial charge is 0.481 e. The first kappa shape index (κ1) is 24.2. The van der Waals surface area contributed by atoms with Gasteiger partial charge in [0.15, 0.2) is 0 Å². The molecular weight excluding hydrogens is 450 g/mol. The number of benzene rings is 1. The molecular formula is C24H28F2N2O6. The second kappa shape index (κ2) is 10.1. The maximum absolute atomic E-state index is 14.1. The lowest BCUT2D eigenvalue weighted by Crippen LogP contribution is -2.50. The van der Waals surface area contributed by atoms with Crippen molar-refractivity contribution in [2.75, 3.05) is 32.8 Å². The predicted molar refractivity (Wildman–Crippen MR) is 120 cm³/mol. The molecule has 0 amide bonds. The van der Waals surface area contributed by atoms with Gasteiger partial charge in [0.1, 0.15) is 5.54 Å². The zero-order valence-corrected chi connectivity index (χ0v) is 19.1. The highest BCUT2D eigenvalue weighted by Gasteiger charge is 2.40. The minimum atomic E-state index is -2.84. The van der Waals surface area contributed by atoms with Gasteiger partial charge >= 0.3 is 5.97 Å². The number of aliphatic carboxylic acids is 1. The van der Waals surface area contributed by atoms with Crippen LogP contribution >= 0.6 is 0 Å². The van der Waals surface area contributed by atoms with Gasteiger partial charge in [0, 0.05) is 43.4 Å². The van der Waals surface area contributed by atoms with Crippen molar-refractivity contribution in [3.05, 3.63) is 35.4 Å². The molecule has 2 heterocycles. The Balaban J connectivity index is 1.78. The van der Waals surface area contributed by atoms with Crippen molar-refractivity contribution in [1.82, 2.24) is 4.98 Å². The lowest BCUT2D eigenvalue weighted by Gasteiger charge is -2.35. The van der Waals surface area contributed by atoms with Gasteiger partial charge in [-0.05, 0) is 36.1 Å². The molecule has 2 fully saturated rings. The Morgan fingerprint density at radius 1 is 1.21 bits per heavy atom. The van der Waals surface area contributed by atoms with E-state index in [0.717, 1.165) is 12.8 Å². The van der Waals surface area contributed by atoms with Gasteiger partial charge < -0.3 is 29.4 Å². The second-order valence-electron chi connectivity index (χ2n) is 8.44. The molecule has 184 valence electrons. The number of hydrogen-bond donors (Lipinski definition) is 2. The molecule has 34 heavy (non-hydrogen) atoms. The number of nitrogens with one attached hydrogen (secondary N) is 1. The molecule has 1 aliphatic heterocycles. The molecule has 1 aromatic carbocycles. The summed E-state index contributed by atoms with van der Waals surface area (Å²) in [5, 5.41) is 13.0. The Labute approximate surface area is 196 Å². The van der Waals surface area contributed by atoms with Gasteiger partial charge in [0.25, 0.3) is 6.43 Å². The zero-order chi connectivity index (χ0) is 24.3. The Hall–Kier alpha value is -2.98. The van der Waals surface area contributed by atoms with Crippen LogP contribution in [0.2, 0.25) is 0 Å². The smallest absolute Gasteiger partial charge is 0.329 e. The lowest BCUT2D eigenvalue weighted by molar-refractivity contribution is -0.145. The highest BCUT2D eigenvalue weighted by atomic mass is 19.3. The summed E-state index contributed by atoms with van der Waals surface area (Å²) in [5.74, 6) is -1.04. The first-order valence-corrected chi connectivity index (χ1v) is 11.1. The highest BCUT2D eigenvalue weighted by molar-refractivity contribution is 5.84. The van der Waals surface area contributed by atoms with E-state index in [1.807, 2.05) is 0 Å². The van der Waals surface area contributed by atoms with E-state index < -0.39 is 17.9 Å². The van der Waals surface area contributed by atoms with E-state index >= 15 is 0 Å². The fraction of sp³-hybridized carbons (Fsp3) is 0.500. The van der Waals surface area contributed by atoms with Gasteiger partial charge in [-0.25, -0.2) is 13.6 Å². The molecule has 1 saturated carbocycles. The highest BCUT2D eigenvalue weighted by Crippen LogP contribution is 2.41. The standard InChI is InChI=1S/C24H28F2N2O6/c1-31-19-12-18(20(21(25)26)22(27-19)32-2)17-6-3-15(11-14(17)13-34-16-4-5-16)28-24(23(29)30)7-9-33-10-8-24/h3,6,11-12,16,21,28H,4-5,7-10,13H2,1-2H3,(H,29,30). The molecule has 0 atom stereocenters. The molecule has 10 heteroatoms. The predicted octanol–water partition coefficient (Wildman–Crippen LogP) is 4.43. The summed E-state index contributed by atoms with van der Waals surface area (Å²) < 4.78 is 49.8. The number of nitrogens with zero attached hydrogens (tertiary/aromatic N) is 1. The number of ether oxygens (including phenoxy) is 4. The maximum atomic E-state index is 14.1. The van der Waals surface area contributed by atoms with Crippen molar-refractivity contribution in [2.24, 2.45) is 0 Å². The van der Waals surface area contributed by atoms with Crippen LogP contribution in [0.1, 0.15) is 43.2 Å². The SMILES string of the molecule is COc1cc(-c2ccc(NC3(C(=O)O)CCOCC3)cc2COC2CC2)c(C(F)F)c(OC)n1. The molecule has 2 N–H and O–H groups in total. The summed E-state index contributed by atoms with van der Waals surface area (Å²) in [6.07, 6.45) is -0.167. The fourth-order valence-corrected chi connectivity index (χ4v) is 4.09. The first-order valence-electron chi connectivity index (χ1n) is 11.1. The minimum absolute atomic E-state index is 0.138. The summed E-state index contributed by atoms with van der Waals surface area (Å²) in [5.41, 5.74) is 0.431. The van der Waals surface area contributed by atoms with Crippen LogP contribution in [0.5, 0.6) is 11.8 Å². The summed E-state index contributed by atoms with van der Waals surface area (Å²) in [6, 6.07) is 6.57. The Bertz CT molecular complexity index is 1040. The second-order valence-corrected chi connectivity index (χ2v) is 8.44. The van der Waals surface area contributed by atoms with Crippen LogP contribution in [0.3, 0.4) is 0 Å². The Morgan fingerprint density at radius 3 is 2.53 bits per heavy atom. The van der Waals surface area contributed by atoms with Gasteiger partial charge in [0.2, 0.25) is 11.8 Å². The molecule has 0 unspecified atom stereocenters. The summed E-state index contributed by atoms with van der Waals surface area (Å²) >= 11 is 0. The Kier molecular flexibility index (Phi) is 7.18. The Morgan fingerprint density at radius 2 is 1.94 bits per heavy atom. The van der Waals surface area contributed by atoms with E-state index in [9.17, 15) is 18.7 Å². The number of anilines is 1. The van der Waals surface area contributed by atoms with Crippen molar-refractivity contribution in [3.63, 3.8) is 0 Å². The van der Waals surface area contributed by atoms with Crippen molar-refractivity contribution in [2.45, 2.75) is 50.4 Å². The third kappa shape index (κ3) is 5.07. The number of aromatic nitrogens is 1. The third-order valence-corrected chi connectivity index (χ3v) is 6.15. The van der Waals surface area contributed by atoms with Gasteiger partial charge in [-0.1, -0.05) is 6.07 Å². The number of carboxylic acids is 1. The van der Waals surface area contributed by atoms with Crippen molar-refractivity contribution in [1.29, 1.82) is 0 Å². The average Bonchev–Trinajstić information content (AvgIpc) is 3.67. The van der Waals surface area contributed by atoms with E-state index in [-0.39, 0.29) is 35.6 Å². The number of methoxy groups -OCH3 is 2. The van der Waals surface area contributed by atoms with Crippen LogP contribution in [-0.2, 0) is 20.9 Å². The van der Waals surface area contributed by atoms with Crippen molar-refractivity contribution in [3.8, 4) is 22.9 Å². The quantitative estimate of drug-likeness (QED) is 0.518. The number of carbonyl (C=O) groups is 1. The summed E-state index contributed by atoms with van der Waals surface area (Å²) in [6.45, 7) is 0.862. The van der Waals surface area contributed by atoms with E-state index in [4.69, 9.17) is 18.9 Å². The molecule has 0 bridgehead atoms. The van der Waals surface area contributed by atoms with Crippen LogP contribution in [0.25, 0.3) is 11.1 Å². The van der Waals surface area contributed by atoms with Crippen LogP contribution in [-0.4, -0.2) is 55.1 Å². The molecule has 8 nitrogen and oxygen atoms in total. The number of hydrogen-bond acceptors (Lipinski definition) is 7. The molecule has 2 aliphatic rings. The molecule has 1 saturated heterocycles. The summed E-state index contributed by atoms with van der Waals surface area (Å²) in [7, 11) is 2.68. The zero-order valence-electron chi connectivity index (χ0n) is 19.1. The van der Waals surface area contributed by atoms with Crippen molar-refractivity contribution >= 4 is 11.7 Å². The minimum Gasteiger partial charge on any atom is -0.481 e. The lowest BCUT2D eigenvalue weighted by atomic mass is 9.89. The van der Waals surface area contributed by atoms with Crippen LogP contribution in [0.15, 0.2) is 24.3 Å². The average molecular weight is 478 g/mol. The van der Waals surface area contributed by atoms with E-state index in [1.54, 1.807) is 18.2 Å². The van der Waals surface area contributed by atoms with Crippen molar-refractivity contribution < 1.29 is 37.6 Å².